The van der Waals surface area contributed by atoms with E-state index in [1.54, 1.807) is 4.47 Å². The van der Waals surface area contributed by atoms with Gasteiger partial charge in [-0.1, -0.05) is 0 Å². The van der Waals surface area contributed by atoms with Gasteiger partial charge in [0.1, 0.15) is 6.54 Å². The van der Waals surface area contributed by atoms with Crippen LogP contribution in [-0.4, -0.2) is 22.7 Å². The van der Waals surface area contributed by atoms with Gasteiger partial charge in [-0.05, 0) is 6.92 Å². The van der Waals surface area contributed by atoms with Crippen molar-refractivity contribution in [1.29, 1.82) is 0 Å². The third kappa shape index (κ3) is 2.17. The molecule has 0 aromatic rings. The Labute approximate surface area is 61.6 Å². The normalized spacial score (nSPS) is 21.2. The van der Waals surface area contributed by atoms with Gasteiger partial charge in [-0.15, -0.1) is 4.47 Å². The first-order chi connectivity index (χ1) is 4.33. The summed E-state index contributed by atoms with van der Waals surface area (Å²) in [7, 11) is 2.58. The summed E-state index contributed by atoms with van der Waals surface area (Å²) in [5, 5.41) is 0.161. The molecule has 0 amide bonds. The predicted molar refractivity (Wildman–Crippen MR) is 38.5 cm³/mol. The lowest BCUT2D eigenvalue weighted by molar-refractivity contribution is -0.119. The minimum atomic E-state index is 0.161. The van der Waals surface area contributed by atoms with Crippen LogP contribution in [0, 0.1) is 0 Å². The van der Waals surface area contributed by atoms with E-state index in [-0.39, 0.29) is 5.12 Å². The summed E-state index contributed by atoms with van der Waals surface area (Å²) >= 11 is 0. The maximum Gasteiger partial charge on any atom is 0.218 e. The van der Waals surface area contributed by atoms with E-state index in [1.807, 2.05) is 6.92 Å². The second-order valence-electron chi connectivity index (χ2n) is 1.44. The van der Waals surface area contributed by atoms with E-state index in [1.165, 1.54) is 21.8 Å². The topological polar surface area (TPSA) is 29.5 Å². The summed E-state index contributed by atoms with van der Waals surface area (Å²) in [6, 6.07) is 0. The SMILES string of the molecule is CCON1CC(=O)SS1. The van der Waals surface area contributed by atoms with Gasteiger partial charge >= 0.3 is 0 Å². The van der Waals surface area contributed by atoms with Crippen molar-refractivity contribution in [1.82, 2.24) is 4.47 Å². The molecule has 0 atom stereocenters. The number of hydroxylamine groups is 1. The summed E-state index contributed by atoms with van der Waals surface area (Å²) in [5.41, 5.74) is 0. The van der Waals surface area contributed by atoms with E-state index in [0.717, 1.165) is 0 Å². The number of carbonyl (C=O) groups excluding carboxylic acids is 1. The van der Waals surface area contributed by atoms with Crippen LogP contribution in [0.15, 0.2) is 0 Å². The van der Waals surface area contributed by atoms with Gasteiger partial charge in [-0.25, -0.2) is 0 Å². The molecule has 1 aliphatic heterocycles. The zero-order valence-electron chi connectivity index (χ0n) is 4.99. The Hall–Kier alpha value is 0.290. The minimum absolute atomic E-state index is 0.161. The van der Waals surface area contributed by atoms with Crippen molar-refractivity contribution in [2.45, 2.75) is 6.92 Å². The van der Waals surface area contributed by atoms with E-state index in [9.17, 15) is 4.79 Å². The van der Waals surface area contributed by atoms with E-state index in [2.05, 4.69) is 0 Å². The molecule has 0 saturated carbocycles. The van der Waals surface area contributed by atoms with Crippen LogP contribution < -0.4 is 0 Å². The molecule has 1 saturated heterocycles. The Morgan fingerprint density at radius 2 is 2.67 bits per heavy atom. The maximum absolute atomic E-state index is 10.5. The van der Waals surface area contributed by atoms with Crippen molar-refractivity contribution in [2.24, 2.45) is 0 Å². The van der Waals surface area contributed by atoms with Gasteiger partial charge in [-0.3, -0.25) is 9.63 Å². The fourth-order valence-corrected chi connectivity index (χ4v) is 2.13. The number of rotatable bonds is 2. The van der Waals surface area contributed by atoms with Gasteiger partial charge in [0.2, 0.25) is 5.12 Å². The second-order valence-corrected chi connectivity index (χ2v) is 3.56. The highest BCUT2D eigenvalue weighted by atomic mass is 33.1. The smallest absolute Gasteiger partial charge is 0.218 e. The van der Waals surface area contributed by atoms with Crippen LogP contribution in [0.5, 0.6) is 0 Å². The highest BCUT2D eigenvalue weighted by molar-refractivity contribution is 8.82. The first-order valence-electron chi connectivity index (χ1n) is 2.61. The standard InChI is InChI=1S/C4H7NO2S2/c1-2-7-5-3-4(6)8-9-5/h2-3H2,1H3. The molecule has 0 aromatic heterocycles. The molecule has 1 fully saturated rings. The molecule has 1 heterocycles. The van der Waals surface area contributed by atoms with Crippen LogP contribution in [-0.2, 0) is 9.63 Å². The lowest BCUT2D eigenvalue weighted by Gasteiger charge is -2.07. The Bertz CT molecular complexity index is 119. The highest BCUT2D eigenvalue weighted by Gasteiger charge is 2.21. The molecule has 0 bridgehead atoms. The highest BCUT2D eigenvalue weighted by Crippen LogP contribution is 2.33. The average molecular weight is 165 g/mol. The van der Waals surface area contributed by atoms with Gasteiger partial charge in [0.05, 0.1) is 6.61 Å². The first-order valence-corrected chi connectivity index (χ1v) is 4.71. The fraction of sp³-hybridized carbons (Fsp3) is 0.750. The van der Waals surface area contributed by atoms with E-state index in [0.29, 0.717) is 13.2 Å². The van der Waals surface area contributed by atoms with Crippen LogP contribution in [0.2, 0.25) is 0 Å². The summed E-state index contributed by atoms with van der Waals surface area (Å²) in [6.07, 6.45) is 0. The van der Waals surface area contributed by atoms with E-state index in [4.69, 9.17) is 4.84 Å². The lowest BCUT2D eigenvalue weighted by Crippen LogP contribution is -2.15. The summed E-state index contributed by atoms with van der Waals surface area (Å²) < 4.78 is 1.59. The van der Waals surface area contributed by atoms with Crippen LogP contribution in [0.1, 0.15) is 6.92 Å². The number of hydrogen-bond donors (Lipinski definition) is 0. The molecule has 5 heteroatoms. The average Bonchev–Trinajstić information content (AvgIpc) is 2.17. The summed E-state index contributed by atoms with van der Waals surface area (Å²) in [4.78, 5) is 15.6. The lowest BCUT2D eigenvalue weighted by atomic mass is 10.8. The summed E-state index contributed by atoms with van der Waals surface area (Å²) in [6.45, 7) is 2.93. The third-order valence-corrected chi connectivity index (χ3v) is 2.82. The van der Waals surface area contributed by atoms with Crippen molar-refractivity contribution in [3.8, 4) is 0 Å². The first kappa shape index (κ1) is 7.40. The van der Waals surface area contributed by atoms with Crippen molar-refractivity contribution >= 4 is 26.9 Å². The Morgan fingerprint density at radius 1 is 1.89 bits per heavy atom. The largest absolute Gasteiger partial charge is 0.287 e. The minimum Gasteiger partial charge on any atom is -0.287 e. The number of hydrogen-bond acceptors (Lipinski definition) is 5. The Kier molecular flexibility index (Phi) is 2.84. The molecule has 0 aromatic carbocycles. The molecule has 52 valence electrons. The van der Waals surface area contributed by atoms with E-state index >= 15 is 0 Å². The number of carbonyl (C=O) groups is 1. The molecule has 1 rings (SSSR count). The van der Waals surface area contributed by atoms with Crippen LogP contribution >= 0.6 is 21.8 Å². The van der Waals surface area contributed by atoms with Gasteiger partial charge in [0, 0.05) is 21.8 Å². The van der Waals surface area contributed by atoms with Gasteiger partial charge in [0.25, 0.3) is 0 Å². The van der Waals surface area contributed by atoms with Crippen LogP contribution in [0.3, 0.4) is 0 Å². The molecule has 0 radical (unpaired) electrons. The molecular formula is C4H7NO2S2. The second kappa shape index (κ2) is 3.46. The molecular weight excluding hydrogens is 158 g/mol. The van der Waals surface area contributed by atoms with Crippen LogP contribution in [0.25, 0.3) is 0 Å². The Morgan fingerprint density at radius 3 is 3.11 bits per heavy atom. The van der Waals surface area contributed by atoms with Crippen molar-refractivity contribution in [3.63, 3.8) is 0 Å². The van der Waals surface area contributed by atoms with Gasteiger partial charge in [0.15, 0.2) is 0 Å². The quantitative estimate of drug-likeness (QED) is 0.451. The molecule has 0 N–H and O–H groups in total. The van der Waals surface area contributed by atoms with E-state index < -0.39 is 0 Å². The number of nitrogens with zero attached hydrogens (tertiary/aromatic N) is 1. The molecule has 0 aliphatic carbocycles. The molecule has 9 heavy (non-hydrogen) atoms. The zero-order chi connectivity index (χ0) is 6.69. The third-order valence-electron chi connectivity index (χ3n) is 0.745. The van der Waals surface area contributed by atoms with Crippen molar-refractivity contribution in [3.05, 3.63) is 0 Å². The Balaban J connectivity index is 2.22. The molecule has 3 nitrogen and oxygen atoms in total. The van der Waals surface area contributed by atoms with Gasteiger partial charge < -0.3 is 0 Å². The molecule has 1 aliphatic rings. The molecule has 0 unspecified atom stereocenters. The molecule has 0 spiro atoms. The van der Waals surface area contributed by atoms with Crippen molar-refractivity contribution in [2.75, 3.05) is 13.2 Å². The van der Waals surface area contributed by atoms with Crippen molar-refractivity contribution < 1.29 is 9.63 Å². The zero-order valence-corrected chi connectivity index (χ0v) is 6.63. The predicted octanol–water partition coefficient (Wildman–Crippen LogP) is 1.08. The van der Waals surface area contributed by atoms with Crippen LogP contribution in [0.4, 0.5) is 0 Å². The summed E-state index contributed by atoms with van der Waals surface area (Å²) in [5.74, 6) is 0. The monoisotopic (exact) mass is 165 g/mol. The fourth-order valence-electron chi connectivity index (χ4n) is 0.452. The van der Waals surface area contributed by atoms with Gasteiger partial charge in [-0.2, -0.15) is 0 Å². The maximum atomic E-state index is 10.5.